The topological polar surface area (TPSA) is 70.4 Å². The maximum atomic E-state index is 11.8. The number of carbonyl (C=O) groups is 1. The normalized spacial score (nSPS) is 17.2. The monoisotopic (exact) mass is 262 g/mol. The molecule has 104 valence electrons. The Labute approximate surface area is 114 Å². The minimum atomic E-state index is -0.0876. The van der Waals surface area contributed by atoms with Crippen LogP contribution in [0.1, 0.15) is 23.2 Å². The Morgan fingerprint density at radius 2 is 2.05 bits per heavy atom. The third-order valence-electron chi connectivity index (χ3n) is 3.59. The fraction of sp³-hybridized carbons (Fsp3) is 0.500. The van der Waals surface area contributed by atoms with Gasteiger partial charge in [0.05, 0.1) is 5.56 Å². The molecule has 5 heteroatoms. The number of anilines is 2. The predicted octanol–water partition coefficient (Wildman–Crippen LogP) is 1.13. The van der Waals surface area contributed by atoms with Crippen LogP contribution < -0.4 is 16.4 Å². The molecule has 1 fully saturated rings. The van der Waals surface area contributed by atoms with Crippen LogP contribution in [-0.4, -0.2) is 44.0 Å². The molecule has 0 atom stereocenters. The molecular formula is C14H22N4O. The number of hydrogen-bond donors (Lipinski definition) is 3. The maximum Gasteiger partial charge on any atom is 0.253 e. The molecule has 1 aliphatic heterocycles. The fourth-order valence-electron chi connectivity index (χ4n) is 2.39. The lowest BCUT2D eigenvalue weighted by Gasteiger charge is -2.30. The van der Waals surface area contributed by atoms with E-state index in [1.807, 2.05) is 6.07 Å². The van der Waals surface area contributed by atoms with Gasteiger partial charge in [0.2, 0.25) is 0 Å². The first-order valence-electron chi connectivity index (χ1n) is 6.67. The Bertz CT molecular complexity index is 453. The molecule has 19 heavy (non-hydrogen) atoms. The molecule has 0 spiro atoms. The van der Waals surface area contributed by atoms with Crippen LogP contribution in [-0.2, 0) is 0 Å². The fourth-order valence-corrected chi connectivity index (χ4v) is 2.39. The van der Waals surface area contributed by atoms with Gasteiger partial charge in [-0.15, -0.1) is 0 Å². The van der Waals surface area contributed by atoms with E-state index in [1.165, 1.54) is 0 Å². The van der Waals surface area contributed by atoms with E-state index in [0.29, 0.717) is 17.3 Å². The van der Waals surface area contributed by atoms with Gasteiger partial charge in [0.1, 0.15) is 0 Å². The van der Waals surface area contributed by atoms with Crippen molar-refractivity contribution in [2.45, 2.75) is 18.9 Å². The van der Waals surface area contributed by atoms with Gasteiger partial charge >= 0.3 is 0 Å². The number of nitrogen functional groups attached to an aromatic ring is 1. The number of amides is 1. The van der Waals surface area contributed by atoms with Crippen LogP contribution in [0.4, 0.5) is 11.4 Å². The SMILES string of the molecule is CNC(=O)c1ccc(N)cc1NC1CCN(C)CC1. The van der Waals surface area contributed by atoms with E-state index >= 15 is 0 Å². The van der Waals surface area contributed by atoms with Gasteiger partial charge in [-0.1, -0.05) is 0 Å². The summed E-state index contributed by atoms with van der Waals surface area (Å²) in [6.07, 6.45) is 2.16. The third kappa shape index (κ3) is 3.38. The minimum Gasteiger partial charge on any atom is -0.399 e. The standard InChI is InChI=1S/C14H22N4O/c1-16-14(19)12-4-3-10(15)9-13(12)17-11-5-7-18(2)8-6-11/h3-4,9,11,17H,5-8,15H2,1-2H3,(H,16,19). The highest BCUT2D eigenvalue weighted by molar-refractivity contribution is 6.00. The van der Waals surface area contributed by atoms with Crippen molar-refractivity contribution < 1.29 is 4.79 Å². The van der Waals surface area contributed by atoms with Crippen LogP contribution in [0.3, 0.4) is 0 Å². The van der Waals surface area contributed by atoms with Crippen molar-refractivity contribution in [1.82, 2.24) is 10.2 Å². The van der Waals surface area contributed by atoms with Gasteiger partial charge in [0.25, 0.3) is 5.91 Å². The first-order valence-corrected chi connectivity index (χ1v) is 6.67. The number of nitrogens with one attached hydrogen (secondary N) is 2. The summed E-state index contributed by atoms with van der Waals surface area (Å²) in [5.74, 6) is -0.0876. The number of nitrogens with zero attached hydrogens (tertiary/aromatic N) is 1. The Morgan fingerprint density at radius 3 is 2.68 bits per heavy atom. The smallest absolute Gasteiger partial charge is 0.253 e. The van der Waals surface area contributed by atoms with Gasteiger partial charge in [-0.3, -0.25) is 4.79 Å². The second-order valence-electron chi connectivity index (χ2n) is 5.11. The van der Waals surface area contributed by atoms with Crippen molar-refractivity contribution >= 4 is 17.3 Å². The summed E-state index contributed by atoms with van der Waals surface area (Å²) in [7, 11) is 3.77. The molecule has 0 saturated carbocycles. The second kappa shape index (κ2) is 5.93. The lowest BCUT2D eigenvalue weighted by Crippen LogP contribution is -2.37. The number of benzene rings is 1. The Morgan fingerprint density at radius 1 is 1.37 bits per heavy atom. The Hall–Kier alpha value is -1.75. The van der Waals surface area contributed by atoms with E-state index in [1.54, 1.807) is 19.2 Å². The van der Waals surface area contributed by atoms with Crippen molar-refractivity contribution in [3.05, 3.63) is 23.8 Å². The maximum absolute atomic E-state index is 11.8. The summed E-state index contributed by atoms with van der Waals surface area (Å²) in [5.41, 5.74) is 7.96. The van der Waals surface area contributed by atoms with E-state index in [0.717, 1.165) is 31.6 Å². The van der Waals surface area contributed by atoms with E-state index in [4.69, 9.17) is 5.73 Å². The first kappa shape index (κ1) is 13.7. The van der Waals surface area contributed by atoms with E-state index in [2.05, 4.69) is 22.6 Å². The largest absolute Gasteiger partial charge is 0.399 e. The number of rotatable bonds is 3. The number of piperidine rings is 1. The highest BCUT2D eigenvalue weighted by Gasteiger charge is 2.18. The van der Waals surface area contributed by atoms with Gasteiger partial charge in [-0.2, -0.15) is 0 Å². The zero-order valence-electron chi connectivity index (χ0n) is 11.6. The predicted molar refractivity (Wildman–Crippen MR) is 78.4 cm³/mol. The molecule has 0 bridgehead atoms. The lowest BCUT2D eigenvalue weighted by molar-refractivity contribution is 0.0964. The van der Waals surface area contributed by atoms with Crippen molar-refractivity contribution in [2.24, 2.45) is 0 Å². The van der Waals surface area contributed by atoms with Crippen LogP contribution in [0, 0.1) is 0 Å². The molecule has 1 heterocycles. The molecule has 4 N–H and O–H groups in total. The number of hydrogen-bond acceptors (Lipinski definition) is 4. The quantitative estimate of drug-likeness (QED) is 0.714. The molecule has 0 unspecified atom stereocenters. The highest BCUT2D eigenvalue weighted by Crippen LogP contribution is 2.22. The molecule has 2 rings (SSSR count). The Balaban J connectivity index is 2.14. The second-order valence-corrected chi connectivity index (χ2v) is 5.11. The van der Waals surface area contributed by atoms with Crippen LogP contribution in [0.25, 0.3) is 0 Å². The zero-order chi connectivity index (χ0) is 13.8. The summed E-state index contributed by atoms with van der Waals surface area (Å²) in [6, 6.07) is 5.76. The van der Waals surface area contributed by atoms with E-state index in [-0.39, 0.29) is 5.91 Å². The molecule has 1 aromatic rings. The molecule has 1 saturated heterocycles. The highest BCUT2D eigenvalue weighted by atomic mass is 16.1. The summed E-state index contributed by atoms with van der Waals surface area (Å²) in [5, 5.41) is 6.12. The molecule has 1 aromatic carbocycles. The van der Waals surface area contributed by atoms with Gasteiger partial charge in [-0.05, 0) is 51.2 Å². The van der Waals surface area contributed by atoms with E-state index in [9.17, 15) is 4.79 Å². The number of nitrogens with two attached hydrogens (primary N) is 1. The molecule has 5 nitrogen and oxygen atoms in total. The molecular weight excluding hydrogens is 240 g/mol. The summed E-state index contributed by atoms with van der Waals surface area (Å²) < 4.78 is 0. The Kier molecular flexibility index (Phi) is 4.27. The van der Waals surface area contributed by atoms with E-state index < -0.39 is 0 Å². The molecule has 1 amide bonds. The van der Waals surface area contributed by atoms with Gasteiger partial charge in [-0.25, -0.2) is 0 Å². The van der Waals surface area contributed by atoms with Crippen LogP contribution >= 0.6 is 0 Å². The zero-order valence-corrected chi connectivity index (χ0v) is 11.6. The van der Waals surface area contributed by atoms with Crippen molar-refractivity contribution in [1.29, 1.82) is 0 Å². The summed E-state index contributed by atoms with van der Waals surface area (Å²) in [6.45, 7) is 2.16. The summed E-state index contributed by atoms with van der Waals surface area (Å²) >= 11 is 0. The van der Waals surface area contributed by atoms with Crippen LogP contribution in [0.2, 0.25) is 0 Å². The number of carbonyl (C=O) groups excluding carboxylic acids is 1. The van der Waals surface area contributed by atoms with Gasteiger partial charge in [0.15, 0.2) is 0 Å². The van der Waals surface area contributed by atoms with Crippen LogP contribution in [0.15, 0.2) is 18.2 Å². The minimum absolute atomic E-state index is 0.0876. The average molecular weight is 262 g/mol. The lowest BCUT2D eigenvalue weighted by atomic mass is 10.0. The molecule has 0 aromatic heterocycles. The van der Waals surface area contributed by atoms with Gasteiger partial charge in [0, 0.05) is 24.5 Å². The van der Waals surface area contributed by atoms with Crippen molar-refractivity contribution in [3.63, 3.8) is 0 Å². The molecule has 0 aliphatic carbocycles. The third-order valence-corrected chi connectivity index (χ3v) is 3.59. The van der Waals surface area contributed by atoms with Crippen molar-refractivity contribution in [3.8, 4) is 0 Å². The number of likely N-dealkylation sites (tertiary alicyclic amines) is 1. The van der Waals surface area contributed by atoms with Crippen molar-refractivity contribution in [2.75, 3.05) is 38.2 Å². The molecule has 0 radical (unpaired) electrons. The summed E-state index contributed by atoms with van der Waals surface area (Å²) in [4.78, 5) is 14.2. The first-order chi connectivity index (χ1) is 9.10. The molecule has 1 aliphatic rings. The van der Waals surface area contributed by atoms with Gasteiger partial charge < -0.3 is 21.3 Å². The van der Waals surface area contributed by atoms with Crippen LogP contribution in [0.5, 0.6) is 0 Å². The average Bonchev–Trinajstić information content (AvgIpc) is 2.41.